The van der Waals surface area contributed by atoms with Crippen LogP contribution in [-0.2, 0) is 33.3 Å². The molecule has 0 aromatic rings. The van der Waals surface area contributed by atoms with Gasteiger partial charge in [-0.2, -0.15) is 0 Å². The zero-order valence-electron chi connectivity index (χ0n) is 39.2. The second kappa shape index (κ2) is 28.9. The molecule has 0 amide bonds. The van der Waals surface area contributed by atoms with Crippen LogP contribution < -0.4 is 5.73 Å². The summed E-state index contributed by atoms with van der Waals surface area (Å²) in [5.41, 5.74) is 6.07. The molecule has 380 valence electrons. The Morgan fingerprint density at radius 3 is 1.85 bits per heavy atom. The minimum absolute atomic E-state index is 0.00949. The molecule has 2 bridgehead atoms. The quantitative estimate of drug-likeness (QED) is 0.175. The van der Waals surface area contributed by atoms with Crippen molar-refractivity contribution in [3.63, 3.8) is 0 Å². The normalized spacial score (nSPS) is 41.1. The number of carboxylic acids is 1. The summed E-state index contributed by atoms with van der Waals surface area (Å²) in [5.74, 6) is -6.10. The highest BCUT2D eigenvalue weighted by Crippen LogP contribution is 2.40. The van der Waals surface area contributed by atoms with E-state index in [-0.39, 0.29) is 51.0 Å². The maximum Gasteiger partial charge on any atom is 0.311 e. The number of aliphatic carboxylic acids is 1. The number of carbonyl (C=O) groups excluding carboxylic acids is 1. The number of aliphatic hydroxyl groups is 9. The number of allylic oxidation sites excluding steroid dienone is 12. The monoisotopic (exact) mass is 952 g/mol. The van der Waals surface area contributed by atoms with E-state index < -0.39 is 134 Å². The van der Waals surface area contributed by atoms with Crippen LogP contribution in [0.25, 0.3) is 0 Å². The van der Waals surface area contributed by atoms with E-state index in [9.17, 15) is 60.7 Å². The van der Waals surface area contributed by atoms with Crippen molar-refractivity contribution in [1.82, 2.24) is 0 Å². The maximum absolute atomic E-state index is 12.7. The van der Waals surface area contributed by atoms with Crippen LogP contribution in [0.4, 0.5) is 0 Å². The van der Waals surface area contributed by atoms with Gasteiger partial charge in [-0.1, -0.05) is 98.9 Å². The Balaban J connectivity index is 1.91. The fourth-order valence-electron chi connectivity index (χ4n) is 8.36. The van der Waals surface area contributed by atoms with Crippen molar-refractivity contribution in [3.05, 3.63) is 85.1 Å². The molecular formula is C49H77NO17. The van der Waals surface area contributed by atoms with Gasteiger partial charge < -0.3 is 80.5 Å². The number of aliphatic hydroxyl groups excluding tert-OH is 9. The lowest BCUT2D eigenvalue weighted by Crippen LogP contribution is -2.61. The van der Waals surface area contributed by atoms with Crippen molar-refractivity contribution in [3.8, 4) is 0 Å². The molecule has 0 spiro atoms. The number of carbonyl (C=O) groups is 2. The maximum atomic E-state index is 12.7. The zero-order valence-corrected chi connectivity index (χ0v) is 39.2. The van der Waals surface area contributed by atoms with Crippen LogP contribution in [0.15, 0.2) is 85.1 Å². The van der Waals surface area contributed by atoms with Gasteiger partial charge in [-0.05, 0) is 40.0 Å². The summed E-state index contributed by atoms with van der Waals surface area (Å²) in [4.78, 5) is 25.3. The summed E-state index contributed by atoms with van der Waals surface area (Å²) in [6.45, 7) is 8.44. The van der Waals surface area contributed by atoms with Crippen LogP contribution >= 0.6 is 0 Å². The molecule has 2 saturated heterocycles. The Morgan fingerprint density at radius 1 is 0.687 bits per heavy atom. The van der Waals surface area contributed by atoms with Crippen LogP contribution in [0, 0.1) is 17.8 Å². The molecule has 12 N–H and O–H groups in total. The van der Waals surface area contributed by atoms with Gasteiger partial charge in [-0.3, -0.25) is 9.59 Å². The van der Waals surface area contributed by atoms with Gasteiger partial charge >= 0.3 is 11.9 Å². The lowest BCUT2D eigenvalue weighted by atomic mass is 9.82. The van der Waals surface area contributed by atoms with Crippen molar-refractivity contribution in [2.24, 2.45) is 23.5 Å². The molecule has 5 unspecified atom stereocenters. The summed E-state index contributed by atoms with van der Waals surface area (Å²) in [6.07, 6.45) is 5.23. The van der Waals surface area contributed by atoms with E-state index in [1.54, 1.807) is 82.4 Å². The van der Waals surface area contributed by atoms with Crippen LogP contribution in [0.5, 0.6) is 0 Å². The molecule has 67 heavy (non-hydrogen) atoms. The predicted molar refractivity (Wildman–Crippen MR) is 246 cm³/mol. The first-order chi connectivity index (χ1) is 31.7. The average molecular weight is 952 g/mol. The van der Waals surface area contributed by atoms with E-state index in [1.807, 2.05) is 37.3 Å². The third-order valence-corrected chi connectivity index (χ3v) is 12.4. The smallest absolute Gasteiger partial charge is 0.311 e. The van der Waals surface area contributed by atoms with Gasteiger partial charge in [-0.25, -0.2) is 0 Å². The summed E-state index contributed by atoms with van der Waals surface area (Å²) in [6, 6.07) is -1.13. The summed E-state index contributed by atoms with van der Waals surface area (Å²) in [7, 11) is 0. The first-order valence-corrected chi connectivity index (χ1v) is 23.3. The number of esters is 1. The fourth-order valence-corrected chi connectivity index (χ4v) is 8.36. The van der Waals surface area contributed by atoms with Crippen molar-refractivity contribution >= 4 is 11.9 Å². The van der Waals surface area contributed by atoms with Gasteiger partial charge in [0.25, 0.3) is 0 Å². The molecular weight excluding hydrogens is 875 g/mol. The molecule has 18 nitrogen and oxygen atoms in total. The Labute approximate surface area is 394 Å². The van der Waals surface area contributed by atoms with Crippen molar-refractivity contribution in [1.29, 1.82) is 0 Å². The summed E-state index contributed by atoms with van der Waals surface area (Å²) >= 11 is 0. The Bertz CT molecular complexity index is 1700. The topological polar surface area (TPSA) is 309 Å². The molecule has 3 rings (SSSR count). The minimum Gasteiger partial charge on any atom is -0.481 e. The van der Waals surface area contributed by atoms with Gasteiger partial charge in [0.05, 0.1) is 79.6 Å². The highest BCUT2D eigenvalue weighted by Gasteiger charge is 2.52. The van der Waals surface area contributed by atoms with Crippen LogP contribution in [0.2, 0.25) is 0 Å². The third kappa shape index (κ3) is 19.1. The van der Waals surface area contributed by atoms with E-state index >= 15 is 0 Å². The van der Waals surface area contributed by atoms with Crippen molar-refractivity contribution in [2.75, 3.05) is 6.61 Å². The molecule has 2 fully saturated rings. The van der Waals surface area contributed by atoms with Gasteiger partial charge in [0.2, 0.25) is 0 Å². The van der Waals surface area contributed by atoms with E-state index in [2.05, 4.69) is 0 Å². The molecule has 3 aliphatic rings. The fraction of sp³-hybridized carbons (Fsp3) is 0.673. The number of rotatable bonds is 5. The largest absolute Gasteiger partial charge is 0.481 e. The van der Waals surface area contributed by atoms with Crippen LogP contribution in [-0.4, -0.2) is 167 Å². The predicted octanol–water partition coefficient (Wildman–Crippen LogP) is 1.76. The molecule has 19 atom stereocenters. The number of hydrogen-bond acceptors (Lipinski definition) is 17. The molecule has 0 aliphatic carbocycles. The second-order valence-electron chi connectivity index (χ2n) is 18.0. The number of cyclic esters (lactones) is 1. The molecule has 3 heterocycles. The lowest BCUT2D eigenvalue weighted by Gasteiger charge is -2.47. The molecule has 0 aromatic heterocycles. The molecule has 0 aromatic carbocycles. The number of fused-ring (bicyclic) bond motifs is 2. The van der Waals surface area contributed by atoms with E-state index in [4.69, 9.17) is 29.4 Å². The molecule has 3 aliphatic heterocycles. The molecule has 0 radical (unpaired) electrons. The van der Waals surface area contributed by atoms with Gasteiger partial charge in [0.1, 0.15) is 18.1 Å². The number of carboxylic acid groups (broad SMARTS) is 1. The van der Waals surface area contributed by atoms with E-state index in [0.29, 0.717) is 0 Å². The van der Waals surface area contributed by atoms with Crippen molar-refractivity contribution in [2.45, 2.75) is 183 Å². The van der Waals surface area contributed by atoms with Gasteiger partial charge in [0.15, 0.2) is 12.1 Å². The molecule has 0 saturated carbocycles. The minimum atomic E-state index is -1.78. The first-order valence-electron chi connectivity index (χ1n) is 23.3. The second-order valence-corrected chi connectivity index (χ2v) is 18.0. The van der Waals surface area contributed by atoms with Crippen molar-refractivity contribution < 1.29 is 84.3 Å². The zero-order chi connectivity index (χ0) is 49.8. The SMILES string of the molecule is CCO[C@@]12C[C@@H](O)C[C@@H](O)[C@H](O)CC[C@@H](O)C[C@@H](O)CC(=O)O[C@@H](C)[C@H](C)[C@H](O)[C@@H](C)C=CC=CC=CC=CC=CC=CC=C[C@H](OC3OC(C)C(O)C(N)C3O)C[C@H](O1)[C@H](C(=O)O)[C@@H](O)C2. The molecule has 18 heteroatoms. The van der Waals surface area contributed by atoms with Gasteiger partial charge in [0, 0.05) is 44.1 Å². The lowest BCUT2D eigenvalue weighted by molar-refractivity contribution is -0.323. The number of hydrogen-bond donors (Lipinski definition) is 11. The van der Waals surface area contributed by atoms with Gasteiger partial charge in [-0.15, -0.1) is 0 Å². The third-order valence-electron chi connectivity index (χ3n) is 12.4. The van der Waals surface area contributed by atoms with Crippen LogP contribution in [0.3, 0.4) is 0 Å². The highest BCUT2D eigenvalue weighted by atomic mass is 16.7. The van der Waals surface area contributed by atoms with Crippen LogP contribution in [0.1, 0.15) is 86.0 Å². The average Bonchev–Trinajstić information content (AvgIpc) is 3.25. The van der Waals surface area contributed by atoms with E-state index in [1.165, 1.54) is 0 Å². The Morgan fingerprint density at radius 2 is 1.27 bits per heavy atom. The number of nitrogens with two attached hydrogens (primary N) is 1. The first kappa shape index (κ1) is 57.9. The number of ether oxygens (including phenoxy) is 5. The van der Waals surface area contributed by atoms with E-state index in [0.717, 1.165) is 0 Å². The standard InChI is InChI=1S/C49H77NO17/c1-6-63-49-27-35(53)24-38(55)37(54)22-21-33(51)23-34(52)25-41(57)64-31(4)30(3)44(58)29(2)19-17-15-13-11-9-7-8-10-12-14-16-18-20-36(26-40(67-49)42(47(61)62)39(56)28-49)66-48-46(60)43(50)45(59)32(5)65-48/h7-20,29-40,42-46,48,51-56,58-60H,6,21-28,50H2,1-5H3,(H,61,62)/t29-,30-,31-,32?,33+,34+,35-,36-,37+,38+,39-,40-,42+,43?,44+,45?,46?,48?,49-/m0/s1. The summed E-state index contributed by atoms with van der Waals surface area (Å²) < 4.78 is 29.8. The Hall–Kier alpha value is -3.44. The highest BCUT2D eigenvalue weighted by molar-refractivity contribution is 5.71. The summed E-state index contributed by atoms with van der Waals surface area (Å²) in [5, 5.41) is 108. The Kier molecular flexibility index (Phi) is 25.0.